The fraction of sp³-hybridized carbons (Fsp3) is 0.412. The average Bonchev–Trinajstić information content (AvgIpc) is 2.59. The van der Waals surface area contributed by atoms with Gasteiger partial charge < -0.3 is 20.6 Å². The van der Waals surface area contributed by atoms with E-state index in [4.69, 9.17) is 0 Å². The van der Waals surface area contributed by atoms with Crippen LogP contribution < -0.4 is 10.6 Å². The van der Waals surface area contributed by atoms with Gasteiger partial charge in [-0.15, -0.1) is 0 Å². The van der Waals surface area contributed by atoms with Crippen molar-refractivity contribution in [3.63, 3.8) is 0 Å². The Labute approximate surface area is 146 Å². The summed E-state index contributed by atoms with van der Waals surface area (Å²) in [6, 6.07) is 1.97. The SMILES string of the molecule is Cc1cnc(Nc2cc(NC3CCN(C)CC3)c(C(=O)O)cn2)cn1. The zero-order valence-corrected chi connectivity index (χ0v) is 14.4. The van der Waals surface area contributed by atoms with Crippen LogP contribution in [0.15, 0.2) is 24.7 Å². The Hall–Kier alpha value is -2.74. The minimum absolute atomic E-state index is 0.166. The molecule has 1 aliphatic heterocycles. The second-order valence-corrected chi connectivity index (χ2v) is 6.31. The highest BCUT2D eigenvalue weighted by Gasteiger charge is 2.20. The Morgan fingerprint density at radius 1 is 1.16 bits per heavy atom. The van der Waals surface area contributed by atoms with Crippen LogP contribution in [0.2, 0.25) is 0 Å². The number of likely N-dealkylation sites (tertiary alicyclic amines) is 1. The van der Waals surface area contributed by atoms with Crippen LogP contribution in [0.1, 0.15) is 28.9 Å². The number of aromatic carboxylic acids is 1. The number of anilines is 3. The molecule has 1 aliphatic rings. The Morgan fingerprint density at radius 3 is 2.52 bits per heavy atom. The van der Waals surface area contributed by atoms with Gasteiger partial charge in [-0.25, -0.2) is 14.8 Å². The lowest BCUT2D eigenvalue weighted by molar-refractivity contribution is 0.0697. The molecule has 1 fully saturated rings. The normalized spacial score (nSPS) is 15.8. The summed E-state index contributed by atoms with van der Waals surface area (Å²) in [5.74, 6) is 0.0922. The molecule has 8 heteroatoms. The maximum Gasteiger partial charge on any atom is 0.339 e. The summed E-state index contributed by atoms with van der Waals surface area (Å²) in [5.41, 5.74) is 1.56. The van der Waals surface area contributed by atoms with Crippen LogP contribution in [-0.4, -0.2) is 57.1 Å². The number of carboxylic acids is 1. The van der Waals surface area contributed by atoms with Crippen LogP contribution in [0.4, 0.5) is 17.3 Å². The highest BCUT2D eigenvalue weighted by Crippen LogP contribution is 2.24. The van der Waals surface area contributed by atoms with Crippen molar-refractivity contribution in [3.8, 4) is 0 Å². The summed E-state index contributed by atoms with van der Waals surface area (Å²) >= 11 is 0. The van der Waals surface area contributed by atoms with Crippen molar-refractivity contribution < 1.29 is 9.90 Å². The number of pyridine rings is 1. The number of carboxylic acid groups (broad SMARTS) is 1. The largest absolute Gasteiger partial charge is 0.478 e. The van der Waals surface area contributed by atoms with Gasteiger partial charge >= 0.3 is 5.97 Å². The van der Waals surface area contributed by atoms with Gasteiger partial charge in [-0.05, 0) is 39.9 Å². The highest BCUT2D eigenvalue weighted by molar-refractivity contribution is 5.94. The van der Waals surface area contributed by atoms with Crippen molar-refractivity contribution in [2.45, 2.75) is 25.8 Å². The number of aryl methyl sites for hydroxylation is 1. The molecule has 3 rings (SSSR count). The third kappa shape index (κ3) is 4.42. The van der Waals surface area contributed by atoms with E-state index in [1.165, 1.54) is 6.20 Å². The first kappa shape index (κ1) is 17.1. The third-order valence-electron chi connectivity index (χ3n) is 4.25. The summed E-state index contributed by atoms with van der Waals surface area (Å²) < 4.78 is 0. The Kier molecular flexibility index (Phi) is 5.08. The minimum Gasteiger partial charge on any atom is -0.478 e. The standard InChI is InChI=1S/C17H22N6O2/c1-11-8-19-16(10-18-11)22-15-7-14(13(9-20-15)17(24)25)21-12-3-5-23(2)6-4-12/h7-10,12H,3-6H2,1-2H3,(H,24,25)(H2,19,20,21,22). The third-order valence-corrected chi connectivity index (χ3v) is 4.25. The first-order valence-electron chi connectivity index (χ1n) is 8.25. The quantitative estimate of drug-likeness (QED) is 0.759. The molecule has 0 bridgehead atoms. The summed E-state index contributed by atoms with van der Waals surface area (Å²) in [6.07, 6.45) is 6.59. The van der Waals surface area contributed by atoms with E-state index in [0.717, 1.165) is 31.6 Å². The van der Waals surface area contributed by atoms with E-state index in [0.29, 0.717) is 17.3 Å². The number of aromatic nitrogens is 3. The van der Waals surface area contributed by atoms with Crippen LogP contribution in [0.25, 0.3) is 0 Å². The van der Waals surface area contributed by atoms with Crippen LogP contribution in [0, 0.1) is 6.92 Å². The van der Waals surface area contributed by atoms with E-state index in [2.05, 4.69) is 37.5 Å². The Bertz CT molecular complexity index is 741. The maximum atomic E-state index is 11.5. The fourth-order valence-electron chi connectivity index (χ4n) is 2.77. The zero-order chi connectivity index (χ0) is 17.8. The number of nitrogens with zero attached hydrogens (tertiary/aromatic N) is 4. The zero-order valence-electron chi connectivity index (χ0n) is 14.4. The topological polar surface area (TPSA) is 103 Å². The molecule has 3 heterocycles. The molecular formula is C17H22N6O2. The van der Waals surface area contributed by atoms with Gasteiger partial charge in [0, 0.05) is 18.3 Å². The molecule has 0 spiro atoms. The number of piperidine rings is 1. The number of hydrogen-bond acceptors (Lipinski definition) is 7. The van der Waals surface area contributed by atoms with Crippen LogP contribution in [0.3, 0.4) is 0 Å². The first-order valence-corrected chi connectivity index (χ1v) is 8.25. The van der Waals surface area contributed by atoms with Gasteiger partial charge in [0.25, 0.3) is 0 Å². The highest BCUT2D eigenvalue weighted by atomic mass is 16.4. The lowest BCUT2D eigenvalue weighted by atomic mass is 10.0. The lowest BCUT2D eigenvalue weighted by Crippen LogP contribution is -2.37. The van der Waals surface area contributed by atoms with Gasteiger partial charge in [-0.1, -0.05) is 0 Å². The molecule has 132 valence electrons. The van der Waals surface area contributed by atoms with E-state index in [9.17, 15) is 9.90 Å². The predicted molar refractivity (Wildman–Crippen MR) is 95.4 cm³/mol. The summed E-state index contributed by atoms with van der Waals surface area (Å²) in [7, 11) is 2.09. The van der Waals surface area contributed by atoms with Gasteiger partial charge in [0.2, 0.25) is 0 Å². The monoisotopic (exact) mass is 342 g/mol. The van der Waals surface area contributed by atoms with Crippen LogP contribution >= 0.6 is 0 Å². The summed E-state index contributed by atoms with van der Waals surface area (Å²) in [6.45, 7) is 3.85. The molecule has 2 aromatic rings. The van der Waals surface area contributed by atoms with Crippen LogP contribution in [-0.2, 0) is 0 Å². The van der Waals surface area contributed by atoms with Gasteiger partial charge in [0.1, 0.15) is 17.2 Å². The van der Waals surface area contributed by atoms with Crippen molar-refractivity contribution in [1.82, 2.24) is 19.9 Å². The van der Waals surface area contributed by atoms with Gasteiger partial charge in [-0.2, -0.15) is 0 Å². The van der Waals surface area contributed by atoms with Crippen LogP contribution in [0.5, 0.6) is 0 Å². The molecule has 2 aromatic heterocycles. The number of hydrogen-bond donors (Lipinski definition) is 3. The number of nitrogens with one attached hydrogen (secondary N) is 2. The van der Waals surface area contributed by atoms with E-state index in [-0.39, 0.29) is 11.6 Å². The Morgan fingerprint density at radius 2 is 1.88 bits per heavy atom. The van der Waals surface area contributed by atoms with Crippen molar-refractivity contribution >= 4 is 23.3 Å². The van der Waals surface area contributed by atoms with Gasteiger partial charge in [0.15, 0.2) is 0 Å². The molecule has 1 saturated heterocycles. The van der Waals surface area contributed by atoms with Gasteiger partial charge in [0.05, 0.1) is 23.8 Å². The molecule has 0 amide bonds. The second-order valence-electron chi connectivity index (χ2n) is 6.31. The Balaban J connectivity index is 1.79. The van der Waals surface area contributed by atoms with E-state index in [1.807, 2.05) is 6.92 Å². The molecule has 0 aliphatic carbocycles. The van der Waals surface area contributed by atoms with Crippen molar-refractivity contribution in [1.29, 1.82) is 0 Å². The molecule has 25 heavy (non-hydrogen) atoms. The molecule has 0 saturated carbocycles. The van der Waals surface area contributed by atoms with Crippen molar-refractivity contribution in [2.75, 3.05) is 30.8 Å². The minimum atomic E-state index is -0.996. The molecule has 0 aromatic carbocycles. The second kappa shape index (κ2) is 7.43. The number of carbonyl (C=O) groups is 1. The van der Waals surface area contributed by atoms with Gasteiger partial charge in [-0.3, -0.25) is 4.98 Å². The summed E-state index contributed by atoms with van der Waals surface area (Å²) in [4.78, 5) is 26.3. The fourth-order valence-corrected chi connectivity index (χ4v) is 2.77. The molecular weight excluding hydrogens is 320 g/mol. The van der Waals surface area contributed by atoms with E-state index >= 15 is 0 Å². The average molecular weight is 342 g/mol. The number of rotatable bonds is 5. The van der Waals surface area contributed by atoms with Crippen molar-refractivity contribution in [2.24, 2.45) is 0 Å². The molecule has 0 radical (unpaired) electrons. The van der Waals surface area contributed by atoms with E-state index < -0.39 is 5.97 Å². The first-order chi connectivity index (χ1) is 12.0. The molecule has 0 atom stereocenters. The molecule has 8 nitrogen and oxygen atoms in total. The predicted octanol–water partition coefficient (Wildman–Crippen LogP) is 2.13. The van der Waals surface area contributed by atoms with E-state index in [1.54, 1.807) is 18.5 Å². The van der Waals surface area contributed by atoms with Crippen molar-refractivity contribution in [3.05, 3.63) is 35.9 Å². The molecule has 0 unspecified atom stereocenters. The lowest BCUT2D eigenvalue weighted by Gasteiger charge is -2.30. The smallest absolute Gasteiger partial charge is 0.339 e. The summed E-state index contributed by atoms with van der Waals surface area (Å²) in [5, 5.41) is 15.8. The maximum absolute atomic E-state index is 11.5. The molecule has 3 N–H and O–H groups in total.